The largest absolute Gasteiger partial charge is 0.484 e. The zero-order valence-corrected chi connectivity index (χ0v) is 13.1. The number of nitrogens with zero attached hydrogens (tertiary/aromatic N) is 1. The van der Waals surface area contributed by atoms with Crippen LogP contribution >= 0.6 is 0 Å². The van der Waals surface area contributed by atoms with E-state index >= 15 is 0 Å². The minimum atomic E-state index is -0.477. The number of nitrogens with one attached hydrogen (secondary N) is 1. The lowest BCUT2D eigenvalue weighted by molar-refractivity contribution is -0.384. The summed E-state index contributed by atoms with van der Waals surface area (Å²) in [5, 5.41) is 13.5. The summed E-state index contributed by atoms with van der Waals surface area (Å²) in [6, 6.07) is 15.8. The van der Waals surface area contributed by atoms with Crippen molar-refractivity contribution in [1.29, 1.82) is 0 Å². The Labute approximate surface area is 139 Å². The molecule has 2 aromatic carbocycles. The Balaban J connectivity index is 1.47. The fourth-order valence-corrected chi connectivity index (χ4v) is 2.64. The number of amides is 1. The number of nitro groups is 1. The molecule has 24 heavy (non-hydrogen) atoms. The maximum absolute atomic E-state index is 12.0. The molecule has 1 amide bonds. The van der Waals surface area contributed by atoms with E-state index in [1.807, 2.05) is 18.2 Å². The first-order valence-corrected chi connectivity index (χ1v) is 7.79. The molecule has 2 aromatic rings. The topological polar surface area (TPSA) is 81.5 Å². The van der Waals surface area contributed by atoms with Crippen molar-refractivity contribution in [2.45, 2.75) is 18.3 Å². The highest BCUT2D eigenvalue weighted by Gasteiger charge is 2.44. The van der Waals surface area contributed by atoms with Crippen molar-refractivity contribution in [2.24, 2.45) is 0 Å². The van der Waals surface area contributed by atoms with Gasteiger partial charge in [-0.1, -0.05) is 30.3 Å². The molecule has 3 rings (SSSR count). The van der Waals surface area contributed by atoms with Crippen LogP contribution in [0.15, 0.2) is 54.6 Å². The van der Waals surface area contributed by atoms with Crippen molar-refractivity contribution in [1.82, 2.24) is 5.32 Å². The zero-order chi connectivity index (χ0) is 17.0. The first-order valence-electron chi connectivity index (χ1n) is 7.79. The summed E-state index contributed by atoms with van der Waals surface area (Å²) in [6.45, 7) is 0.488. The molecular weight excluding hydrogens is 308 g/mol. The third-order valence-electron chi connectivity index (χ3n) is 4.28. The van der Waals surface area contributed by atoms with Gasteiger partial charge in [-0.3, -0.25) is 14.9 Å². The van der Waals surface area contributed by atoms with Gasteiger partial charge in [-0.15, -0.1) is 0 Å². The maximum Gasteiger partial charge on any atom is 0.269 e. The predicted molar refractivity (Wildman–Crippen MR) is 89.0 cm³/mol. The summed E-state index contributed by atoms with van der Waals surface area (Å²) in [4.78, 5) is 22.1. The highest BCUT2D eigenvalue weighted by atomic mass is 16.6. The van der Waals surface area contributed by atoms with E-state index in [4.69, 9.17) is 4.74 Å². The molecule has 0 aromatic heterocycles. The zero-order valence-electron chi connectivity index (χ0n) is 13.1. The molecule has 124 valence electrons. The average Bonchev–Trinajstić information content (AvgIpc) is 3.40. The van der Waals surface area contributed by atoms with Crippen molar-refractivity contribution in [3.05, 3.63) is 70.3 Å². The summed E-state index contributed by atoms with van der Waals surface area (Å²) in [5.74, 6) is 0.232. The maximum atomic E-state index is 12.0. The third-order valence-corrected chi connectivity index (χ3v) is 4.28. The standard InChI is InChI=1S/C18H18N2O4/c21-17(12-24-16-8-6-15(7-9-16)20(22)23)19-13-18(10-11-18)14-4-2-1-3-5-14/h1-9H,10-13H2,(H,19,21). The lowest BCUT2D eigenvalue weighted by Crippen LogP contribution is -2.35. The fraction of sp³-hybridized carbons (Fsp3) is 0.278. The van der Waals surface area contributed by atoms with Gasteiger partial charge in [0.1, 0.15) is 5.75 Å². The van der Waals surface area contributed by atoms with E-state index in [0.29, 0.717) is 12.3 Å². The highest BCUT2D eigenvalue weighted by Crippen LogP contribution is 2.47. The first kappa shape index (κ1) is 16.0. The Morgan fingerprint density at radius 2 is 1.79 bits per heavy atom. The number of hydrogen-bond acceptors (Lipinski definition) is 4. The van der Waals surface area contributed by atoms with E-state index in [0.717, 1.165) is 12.8 Å². The van der Waals surface area contributed by atoms with Crippen LogP contribution in [0.1, 0.15) is 18.4 Å². The summed E-state index contributed by atoms with van der Waals surface area (Å²) in [7, 11) is 0. The van der Waals surface area contributed by atoms with Crippen molar-refractivity contribution >= 4 is 11.6 Å². The molecule has 6 nitrogen and oxygen atoms in total. The molecule has 6 heteroatoms. The molecule has 0 saturated heterocycles. The fourth-order valence-electron chi connectivity index (χ4n) is 2.64. The van der Waals surface area contributed by atoms with E-state index < -0.39 is 4.92 Å². The van der Waals surface area contributed by atoms with Gasteiger partial charge in [0.2, 0.25) is 0 Å². The summed E-state index contributed by atoms with van der Waals surface area (Å²) >= 11 is 0. The average molecular weight is 326 g/mol. The van der Waals surface area contributed by atoms with E-state index in [2.05, 4.69) is 17.4 Å². The lowest BCUT2D eigenvalue weighted by Gasteiger charge is -2.16. The molecule has 0 spiro atoms. The quantitative estimate of drug-likeness (QED) is 0.626. The Morgan fingerprint density at radius 1 is 1.12 bits per heavy atom. The van der Waals surface area contributed by atoms with E-state index in [1.165, 1.54) is 29.8 Å². The van der Waals surface area contributed by atoms with Crippen molar-refractivity contribution in [2.75, 3.05) is 13.2 Å². The number of nitro benzene ring substituents is 1. The number of carbonyl (C=O) groups is 1. The van der Waals surface area contributed by atoms with Gasteiger partial charge in [-0.25, -0.2) is 0 Å². The van der Waals surface area contributed by atoms with Crippen molar-refractivity contribution in [3.8, 4) is 5.75 Å². The van der Waals surface area contributed by atoms with Crippen LogP contribution in [-0.4, -0.2) is 24.0 Å². The van der Waals surface area contributed by atoms with Crippen LogP contribution in [0, 0.1) is 10.1 Å². The summed E-state index contributed by atoms with van der Waals surface area (Å²) in [5.41, 5.74) is 1.30. The van der Waals surface area contributed by atoms with E-state index in [1.54, 1.807) is 0 Å². The highest BCUT2D eigenvalue weighted by molar-refractivity contribution is 5.77. The number of rotatable bonds is 7. The molecule has 0 atom stereocenters. The van der Waals surface area contributed by atoms with E-state index in [-0.39, 0.29) is 23.6 Å². The summed E-state index contributed by atoms with van der Waals surface area (Å²) in [6.07, 6.45) is 2.14. The van der Waals surface area contributed by atoms with Crippen molar-refractivity contribution < 1.29 is 14.5 Å². The van der Waals surface area contributed by atoms with Crippen molar-refractivity contribution in [3.63, 3.8) is 0 Å². The Kier molecular flexibility index (Phi) is 4.46. The number of hydrogen-bond donors (Lipinski definition) is 1. The Hall–Kier alpha value is -2.89. The molecule has 0 unspecified atom stereocenters. The van der Waals surface area contributed by atoms with Crippen LogP contribution in [0.25, 0.3) is 0 Å². The van der Waals surface area contributed by atoms with Crippen LogP contribution in [-0.2, 0) is 10.2 Å². The second-order valence-corrected chi connectivity index (χ2v) is 5.96. The SMILES string of the molecule is O=C(COc1ccc([N+](=O)[O-])cc1)NCC1(c2ccccc2)CC1. The molecule has 1 aliphatic carbocycles. The van der Waals surface area contributed by atoms with Gasteiger partial charge in [0.15, 0.2) is 6.61 Å². The molecule has 1 aliphatic rings. The van der Waals surface area contributed by atoms with Gasteiger partial charge in [0.05, 0.1) is 4.92 Å². The second-order valence-electron chi connectivity index (χ2n) is 5.96. The number of benzene rings is 2. The number of ether oxygens (including phenoxy) is 1. The molecule has 1 N–H and O–H groups in total. The number of non-ortho nitro benzene ring substituents is 1. The minimum Gasteiger partial charge on any atom is -0.484 e. The van der Waals surface area contributed by atoms with Crippen LogP contribution in [0.3, 0.4) is 0 Å². The molecule has 0 heterocycles. The third kappa shape index (κ3) is 3.71. The Morgan fingerprint density at radius 3 is 2.38 bits per heavy atom. The van der Waals surface area contributed by atoms with Gasteiger partial charge < -0.3 is 10.1 Å². The normalized spacial score (nSPS) is 14.7. The first-order chi connectivity index (χ1) is 11.6. The lowest BCUT2D eigenvalue weighted by atomic mass is 9.96. The number of carbonyl (C=O) groups excluding carboxylic acids is 1. The molecule has 0 bridgehead atoms. The van der Waals surface area contributed by atoms with Crippen LogP contribution < -0.4 is 10.1 Å². The second kappa shape index (κ2) is 6.70. The monoisotopic (exact) mass is 326 g/mol. The van der Waals surface area contributed by atoms with Gasteiger partial charge in [-0.2, -0.15) is 0 Å². The van der Waals surface area contributed by atoms with Crippen LogP contribution in [0.4, 0.5) is 5.69 Å². The molecular formula is C18H18N2O4. The van der Waals surface area contributed by atoms with Crippen LogP contribution in [0.5, 0.6) is 5.75 Å². The van der Waals surface area contributed by atoms with E-state index in [9.17, 15) is 14.9 Å². The van der Waals surface area contributed by atoms with Gasteiger partial charge in [0, 0.05) is 24.1 Å². The van der Waals surface area contributed by atoms with Crippen LogP contribution in [0.2, 0.25) is 0 Å². The molecule has 0 radical (unpaired) electrons. The molecule has 1 saturated carbocycles. The predicted octanol–water partition coefficient (Wildman–Crippen LogP) is 2.82. The summed E-state index contributed by atoms with van der Waals surface area (Å²) < 4.78 is 5.36. The molecule has 0 aliphatic heterocycles. The minimum absolute atomic E-state index is 0.00895. The van der Waals surface area contributed by atoms with Gasteiger partial charge >= 0.3 is 0 Å². The molecule has 1 fully saturated rings. The smallest absolute Gasteiger partial charge is 0.269 e. The van der Waals surface area contributed by atoms with Gasteiger partial charge in [-0.05, 0) is 30.5 Å². The Bertz CT molecular complexity index is 724. The van der Waals surface area contributed by atoms with Gasteiger partial charge in [0.25, 0.3) is 11.6 Å².